The maximum atomic E-state index is 13.3. The molecule has 128 valence electrons. The summed E-state index contributed by atoms with van der Waals surface area (Å²) in [7, 11) is 3.52. The highest BCUT2D eigenvalue weighted by Gasteiger charge is 2.67. The Morgan fingerprint density at radius 2 is 1.96 bits per heavy atom. The lowest BCUT2D eigenvalue weighted by Crippen LogP contribution is -2.39. The highest BCUT2D eigenvalue weighted by molar-refractivity contribution is 5.93. The fraction of sp³-hybridized carbons (Fsp3) is 0.474. The minimum absolute atomic E-state index is 0.0433. The van der Waals surface area contributed by atoms with E-state index in [-0.39, 0.29) is 11.3 Å². The van der Waals surface area contributed by atoms with Gasteiger partial charge in [-0.3, -0.25) is 9.89 Å². The Morgan fingerprint density at radius 3 is 2.42 bits per heavy atom. The SMILES string of the molecule is COc1ccc(C2(C(=O)N(C)Cc3cn[nH]c3C)CC2(C)C)cc1. The summed E-state index contributed by atoms with van der Waals surface area (Å²) in [5.74, 6) is 0.973. The molecule has 1 heterocycles. The van der Waals surface area contributed by atoms with Crippen LogP contribution >= 0.6 is 0 Å². The van der Waals surface area contributed by atoms with Gasteiger partial charge in [-0.05, 0) is 36.5 Å². The quantitative estimate of drug-likeness (QED) is 0.918. The second-order valence-corrected chi connectivity index (χ2v) is 7.38. The smallest absolute Gasteiger partial charge is 0.233 e. The molecule has 1 fully saturated rings. The normalized spacial score (nSPS) is 21.4. The second-order valence-electron chi connectivity index (χ2n) is 7.38. The third-order valence-corrected chi connectivity index (χ3v) is 5.37. The first-order valence-electron chi connectivity index (χ1n) is 8.21. The fourth-order valence-electron chi connectivity index (χ4n) is 3.66. The summed E-state index contributed by atoms with van der Waals surface area (Å²) in [6.07, 6.45) is 2.65. The molecule has 1 saturated carbocycles. The first kappa shape index (κ1) is 16.6. The third kappa shape index (κ3) is 2.48. The number of nitrogens with one attached hydrogen (secondary N) is 1. The van der Waals surface area contributed by atoms with Crippen LogP contribution in [0, 0.1) is 12.3 Å². The van der Waals surface area contributed by atoms with Crippen LogP contribution in [0.15, 0.2) is 30.5 Å². The maximum Gasteiger partial charge on any atom is 0.233 e. The van der Waals surface area contributed by atoms with Crippen molar-refractivity contribution in [2.45, 2.75) is 39.2 Å². The number of aromatic amines is 1. The first-order valence-corrected chi connectivity index (χ1v) is 8.21. The van der Waals surface area contributed by atoms with E-state index in [0.29, 0.717) is 6.54 Å². The van der Waals surface area contributed by atoms with Crippen molar-refractivity contribution in [1.82, 2.24) is 15.1 Å². The number of nitrogens with zero attached hydrogens (tertiary/aromatic N) is 2. The molecule has 3 rings (SSSR count). The first-order chi connectivity index (χ1) is 11.3. The van der Waals surface area contributed by atoms with E-state index < -0.39 is 5.41 Å². The molecule has 1 N–H and O–H groups in total. The van der Waals surface area contributed by atoms with Gasteiger partial charge in [0.15, 0.2) is 0 Å². The molecule has 0 radical (unpaired) electrons. The van der Waals surface area contributed by atoms with E-state index in [1.165, 1.54) is 0 Å². The zero-order valence-electron chi connectivity index (χ0n) is 15.0. The lowest BCUT2D eigenvalue weighted by molar-refractivity contribution is -0.134. The minimum atomic E-state index is -0.453. The van der Waals surface area contributed by atoms with E-state index in [2.05, 4.69) is 24.0 Å². The summed E-state index contributed by atoms with van der Waals surface area (Å²) in [6, 6.07) is 7.89. The number of hydrogen-bond donors (Lipinski definition) is 1. The van der Waals surface area contributed by atoms with Gasteiger partial charge < -0.3 is 9.64 Å². The fourth-order valence-corrected chi connectivity index (χ4v) is 3.66. The van der Waals surface area contributed by atoms with Gasteiger partial charge in [0.05, 0.1) is 18.7 Å². The molecule has 1 amide bonds. The molecule has 1 atom stereocenters. The Balaban J connectivity index is 1.87. The molecule has 5 heteroatoms. The van der Waals surface area contributed by atoms with E-state index in [4.69, 9.17) is 4.74 Å². The molecule has 5 nitrogen and oxygen atoms in total. The number of ether oxygens (including phenoxy) is 1. The predicted molar refractivity (Wildman–Crippen MR) is 92.9 cm³/mol. The molecule has 2 aromatic rings. The van der Waals surface area contributed by atoms with Gasteiger partial charge in [-0.15, -0.1) is 0 Å². The van der Waals surface area contributed by atoms with Gasteiger partial charge in [-0.1, -0.05) is 26.0 Å². The number of aryl methyl sites for hydroxylation is 1. The van der Waals surface area contributed by atoms with Gasteiger partial charge in [-0.2, -0.15) is 5.10 Å². The van der Waals surface area contributed by atoms with Crippen molar-refractivity contribution in [3.8, 4) is 5.75 Å². The zero-order valence-corrected chi connectivity index (χ0v) is 15.0. The molecular formula is C19H25N3O2. The summed E-state index contributed by atoms with van der Waals surface area (Å²) < 4.78 is 5.24. The topological polar surface area (TPSA) is 58.2 Å². The van der Waals surface area contributed by atoms with Crippen LogP contribution in [-0.2, 0) is 16.8 Å². The molecule has 1 aromatic heterocycles. The number of methoxy groups -OCH3 is 1. The Morgan fingerprint density at radius 1 is 1.33 bits per heavy atom. The molecule has 24 heavy (non-hydrogen) atoms. The number of likely N-dealkylation sites (N-methyl/N-ethyl adjacent to an activating group) is 1. The molecule has 1 unspecified atom stereocenters. The Labute approximate surface area is 143 Å². The minimum Gasteiger partial charge on any atom is -0.497 e. The third-order valence-electron chi connectivity index (χ3n) is 5.37. The summed E-state index contributed by atoms with van der Waals surface area (Å²) in [4.78, 5) is 15.1. The Hall–Kier alpha value is -2.30. The number of hydrogen-bond acceptors (Lipinski definition) is 3. The number of benzene rings is 1. The van der Waals surface area contributed by atoms with E-state index in [1.807, 2.05) is 43.1 Å². The van der Waals surface area contributed by atoms with Crippen molar-refractivity contribution in [2.75, 3.05) is 14.2 Å². The summed E-state index contributed by atoms with van der Waals surface area (Å²) >= 11 is 0. The van der Waals surface area contributed by atoms with E-state index >= 15 is 0 Å². The van der Waals surface area contributed by atoms with Crippen LogP contribution in [0.2, 0.25) is 0 Å². The second kappa shape index (κ2) is 5.65. The molecule has 0 aliphatic heterocycles. The number of amides is 1. The van der Waals surface area contributed by atoms with Crippen LogP contribution < -0.4 is 4.74 Å². The van der Waals surface area contributed by atoms with E-state index in [1.54, 1.807) is 13.3 Å². The average Bonchev–Trinajstić information content (AvgIpc) is 2.94. The van der Waals surface area contributed by atoms with Gasteiger partial charge in [-0.25, -0.2) is 0 Å². The van der Waals surface area contributed by atoms with Crippen molar-refractivity contribution >= 4 is 5.91 Å². The van der Waals surface area contributed by atoms with E-state index in [0.717, 1.165) is 29.0 Å². The van der Waals surface area contributed by atoms with Crippen LogP contribution in [0.1, 0.15) is 37.1 Å². The number of aromatic nitrogens is 2. The number of carbonyl (C=O) groups excluding carboxylic acids is 1. The molecule has 1 aromatic carbocycles. The highest BCUT2D eigenvalue weighted by Crippen LogP contribution is 2.65. The maximum absolute atomic E-state index is 13.3. The van der Waals surface area contributed by atoms with E-state index in [9.17, 15) is 4.79 Å². The molecule has 0 saturated heterocycles. The lowest BCUT2D eigenvalue weighted by atomic mass is 9.86. The Kier molecular flexibility index (Phi) is 3.90. The number of H-pyrrole nitrogens is 1. The van der Waals surface area contributed by atoms with Crippen molar-refractivity contribution in [1.29, 1.82) is 0 Å². The van der Waals surface area contributed by atoms with Crippen LogP contribution in [0.25, 0.3) is 0 Å². The standard InChI is InChI=1S/C19H25N3O2/c1-13-14(10-20-21-13)11-22(4)17(23)19(12-18(19,2)3)15-6-8-16(24-5)9-7-15/h6-10H,11-12H2,1-5H3,(H,20,21). The van der Waals surface area contributed by atoms with Crippen molar-refractivity contribution in [2.24, 2.45) is 5.41 Å². The monoisotopic (exact) mass is 327 g/mol. The zero-order chi connectivity index (χ0) is 17.5. The predicted octanol–water partition coefficient (Wildman–Crippen LogP) is 3.05. The van der Waals surface area contributed by atoms with Crippen molar-refractivity contribution in [3.05, 3.63) is 47.3 Å². The highest BCUT2D eigenvalue weighted by atomic mass is 16.5. The Bertz CT molecular complexity index is 748. The molecular weight excluding hydrogens is 302 g/mol. The van der Waals surface area contributed by atoms with Gasteiger partial charge in [0.2, 0.25) is 5.91 Å². The van der Waals surface area contributed by atoms with Crippen LogP contribution in [0.3, 0.4) is 0 Å². The average molecular weight is 327 g/mol. The molecule has 0 spiro atoms. The van der Waals surface area contributed by atoms with Crippen LogP contribution in [0.4, 0.5) is 0 Å². The van der Waals surface area contributed by atoms with Crippen molar-refractivity contribution < 1.29 is 9.53 Å². The van der Waals surface area contributed by atoms with Gasteiger partial charge in [0.1, 0.15) is 5.75 Å². The lowest BCUT2D eigenvalue weighted by Gasteiger charge is -2.27. The summed E-state index contributed by atoms with van der Waals surface area (Å²) in [5, 5.41) is 6.97. The van der Waals surface area contributed by atoms with Gasteiger partial charge >= 0.3 is 0 Å². The molecule has 0 bridgehead atoms. The number of rotatable bonds is 5. The largest absolute Gasteiger partial charge is 0.497 e. The molecule has 1 aliphatic carbocycles. The van der Waals surface area contributed by atoms with Crippen LogP contribution in [0.5, 0.6) is 5.75 Å². The summed E-state index contributed by atoms with van der Waals surface area (Å²) in [5.41, 5.74) is 2.62. The molecule has 1 aliphatic rings. The number of carbonyl (C=O) groups is 1. The van der Waals surface area contributed by atoms with Crippen molar-refractivity contribution in [3.63, 3.8) is 0 Å². The van der Waals surface area contributed by atoms with Crippen LogP contribution in [-0.4, -0.2) is 35.2 Å². The van der Waals surface area contributed by atoms with Gasteiger partial charge in [0, 0.05) is 24.8 Å². The summed E-state index contributed by atoms with van der Waals surface area (Å²) in [6.45, 7) is 6.86. The van der Waals surface area contributed by atoms with Gasteiger partial charge in [0.25, 0.3) is 0 Å².